The van der Waals surface area contributed by atoms with E-state index in [2.05, 4.69) is 0 Å². The van der Waals surface area contributed by atoms with Gasteiger partial charge in [-0.1, -0.05) is 6.08 Å². The fraction of sp³-hybridized carbons (Fsp3) is 0.125. The molecule has 2 rings (SSSR count). The van der Waals surface area contributed by atoms with Crippen molar-refractivity contribution < 1.29 is 19.4 Å². The minimum Gasteiger partial charge on any atom is -0.496 e. The minimum atomic E-state index is -0.897. The maximum absolute atomic E-state index is 12.1. The summed E-state index contributed by atoms with van der Waals surface area (Å²) in [6.07, 6.45) is 3.28. The molecule has 0 saturated heterocycles. The number of carbonyl (C=O) groups excluding carboxylic acids is 1. The first-order valence-corrected chi connectivity index (χ1v) is 8.30. The highest BCUT2D eigenvalue weighted by Gasteiger charge is 2.10. The minimum absolute atomic E-state index is 0.0539. The number of aliphatic carboxylic acids is 1. The van der Waals surface area contributed by atoms with Gasteiger partial charge in [-0.15, -0.1) is 11.8 Å². The van der Waals surface area contributed by atoms with Crippen LogP contribution in [-0.4, -0.2) is 29.7 Å². The predicted molar refractivity (Wildman–Crippen MR) is 89.0 cm³/mol. The molecule has 0 saturated carbocycles. The Bertz CT molecular complexity index is 690. The molecular formula is C16H14O4S2. The lowest BCUT2D eigenvalue weighted by molar-refractivity contribution is -0.133. The lowest BCUT2D eigenvalue weighted by Crippen LogP contribution is -2.00. The molecular weight excluding hydrogens is 320 g/mol. The lowest BCUT2D eigenvalue weighted by atomic mass is 10.1. The van der Waals surface area contributed by atoms with Crippen molar-refractivity contribution in [2.24, 2.45) is 0 Å². The van der Waals surface area contributed by atoms with Crippen LogP contribution in [0.4, 0.5) is 0 Å². The Morgan fingerprint density at radius 1 is 1.36 bits per heavy atom. The van der Waals surface area contributed by atoms with E-state index < -0.39 is 5.97 Å². The van der Waals surface area contributed by atoms with Crippen LogP contribution in [0.1, 0.15) is 15.9 Å². The third-order valence-electron chi connectivity index (χ3n) is 2.77. The van der Waals surface area contributed by atoms with Crippen molar-refractivity contribution in [3.05, 3.63) is 52.2 Å². The number of carbonyl (C=O) groups is 2. The number of thiophene rings is 1. The summed E-state index contributed by atoms with van der Waals surface area (Å²) >= 11 is 2.73. The molecule has 0 spiro atoms. The van der Waals surface area contributed by atoms with E-state index in [1.165, 1.54) is 13.2 Å². The molecule has 22 heavy (non-hydrogen) atoms. The summed E-state index contributed by atoms with van der Waals surface area (Å²) in [6.45, 7) is 0. The second-order valence-corrected chi connectivity index (χ2v) is 6.10. The average molecular weight is 334 g/mol. The molecule has 0 aliphatic carbocycles. The van der Waals surface area contributed by atoms with Crippen LogP contribution >= 0.6 is 23.1 Å². The quantitative estimate of drug-likeness (QED) is 0.474. The number of hydrogen-bond acceptors (Lipinski definition) is 5. The third kappa shape index (κ3) is 4.47. The van der Waals surface area contributed by atoms with Crippen molar-refractivity contribution >= 4 is 40.9 Å². The van der Waals surface area contributed by atoms with Crippen LogP contribution < -0.4 is 4.74 Å². The number of ether oxygens (including phenoxy) is 1. The van der Waals surface area contributed by atoms with Crippen molar-refractivity contribution in [2.75, 3.05) is 12.9 Å². The van der Waals surface area contributed by atoms with E-state index in [-0.39, 0.29) is 11.5 Å². The molecule has 0 aliphatic heterocycles. The molecule has 1 aromatic heterocycles. The van der Waals surface area contributed by atoms with E-state index in [0.29, 0.717) is 16.2 Å². The number of carboxylic acids is 1. The Morgan fingerprint density at radius 3 is 2.82 bits per heavy atom. The second kappa shape index (κ2) is 7.82. The molecule has 0 radical (unpaired) electrons. The van der Waals surface area contributed by atoms with Gasteiger partial charge >= 0.3 is 5.97 Å². The molecule has 0 fully saturated rings. The van der Waals surface area contributed by atoms with Gasteiger partial charge in [0, 0.05) is 10.5 Å². The van der Waals surface area contributed by atoms with Gasteiger partial charge in [0.2, 0.25) is 0 Å². The van der Waals surface area contributed by atoms with Crippen LogP contribution in [0.25, 0.3) is 6.08 Å². The van der Waals surface area contributed by atoms with E-state index in [1.54, 1.807) is 35.6 Å². The monoisotopic (exact) mass is 334 g/mol. The third-order valence-corrected chi connectivity index (χ3v) is 4.51. The number of thioether (sulfide) groups is 1. The van der Waals surface area contributed by atoms with Gasteiger partial charge in [0.15, 0.2) is 5.78 Å². The zero-order chi connectivity index (χ0) is 15.9. The van der Waals surface area contributed by atoms with Crippen LogP contribution in [0.2, 0.25) is 0 Å². The van der Waals surface area contributed by atoms with Crippen LogP contribution in [-0.2, 0) is 4.79 Å². The van der Waals surface area contributed by atoms with Gasteiger partial charge in [0.1, 0.15) is 5.75 Å². The first kappa shape index (κ1) is 16.3. The first-order valence-electron chi connectivity index (χ1n) is 6.37. The van der Waals surface area contributed by atoms with Gasteiger partial charge in [-0.2, -0.15) is 11.3 Å². The second-order valence-electron chi connectivity index (χ2n) is 4.30. The van der Waals surface area contributed by atoms with Crippen LogP contribution in [0.5, 0.6) is 5.75 Å². The van der Waals surface area contributed by atoms with Crippen molar-refractivity contribution in [3.8, 4) is 5.75 Å². The maximum atomic E-state index is 12.1. The highest BCUT2D eigenvalue weighted by molar-refractivity contribution is 8.00. The number of benzene rings is 1. The molecule has 1 heterocycles. The highest BCUT2D eigenvalue weighted by atomic mass is 32.2. The normalized spacial score (nSPS) is 10.8. The van der Waals surface area contributed by atoms with Crippen molar-refractivity contribution in [1.82, 2.24) is 0 Å². The largest absolute Gasteiger partial charge is 0.496 e. The van der Waals surface area contributed by atoms with Crippen LogP contribution in [0.3, 0.4) is 0 Å². The van der Waals surface area contributed by atoms with Crippen molar-refractivity contribution in [3.63, 3.8) is 0 Å². The SMILES string of the molecule is COc1cc(C(=O)/C=C/c2ccsc2)ccc1SCC(=O)O. The fourth-order valence-corrected chi connectivity index (χ4v) is 3.07. The van der Waals surface area contributed by atoms with Gasteiger partial charge in [0.05, 0.1) is 12.9 Å². The summed E-state index contributed by atoms with van der Waals surface area (Å²) < 4.78 is 5.23. The molecule has 0 aliphatic rings. The van der Waals surface area contributed by atoms with E-state index in [0.717, 1.165) is 17.3 Å². The maximum Gasteiger partial charge on any atom is 0.313 e. The van der Waals surface area contributed by atoms with Gasteiger partial charge in [-0.3, -0.25) is 9.59 Å². The Morgan fingerprint density at radius 2 is 2.18 bits per heavy atom. The molecule has 1 N–H and O–H groups in total. The number of rotatable bonds is 7. The summed E-state index contributed by atoms with van der Waals surface area (Å²) in [5.74, 6) is -0.576. The van der Waals surface area contributed by atoms with Crippen molar-refractivity contribution in [1.29, 1.82) is 0 Å². The number of allylic oxidation sites excluding steroid dienone is 1. The Balaban J connectivity index is 2.14. The number of hydrogen-bond donors (Lipinski definition) is 1. The van der Waals surface area contributed by atoms with E-state index >= 15 is 0 Å². The van der Waals surface area contributed by atoms with Gasteiger partial charge in [-0.25, -0.2) is 0 Å². The van der Waals surface area contributed by atoms with E-state index in [9.17, 15) is 9.59 Å². The molecule has 0 atom stereocenters. The number of ketones is 1. The number of carboxylic acid groups (broad SMARTS) is 1. The summed E-state index contributed by atoms with van der Waals surface area (Å²) in [6, 6.07) is 6.94. The van der Waals surface area contributed by atoms with E-state index in [1.807, 2.05) is 16.8 Å². The molecule has 4 nitrogen and oxygen atoms in total. The molecule has 114 valence electrons. The summed E-state index contributed by atoms with van der Waals surface area (Å²) in [7, 11) is 1.50. The molecule has 1 aromatic carbocycles. The zero-order valence-corrected chi connectivity index (χ0v) is 13.4. The van der Waals surface area contributed by atoms with Crippen LogP contribution in [0.15, 0.2) is 46.0 Å². The van der Waals surface area contributed by atoms with Gasteiger partial charge in [0.25, 0.3) is 0 Å². The standard InChI is InChI=1S/C16H14O4S2/c1-20-14-8-12(3-5-15(14)22-10-16(18)19)13(17)4-2-11-6-7-21-9-11/h2-9H,10H2,1H3,(H,18,19)/b4-2+. The molecule has 2 aromatic rings. The van der Waals surface area contributed by atoms with E-state index in [4.69, 9.17) is 9.84 Å². The fourth-order valence-electron chi connectivity index (χ4n) is 1.72. The summed E-state index contributed by atoms with van der Waals surface area (Å²) in [5.41, 5.74) is 1.49. The average Bonchev–Trinajstić information content (AvgIpc) is 3.03. The lowest BCUT2D eigenvalue weighted by Gasteiger charge is -2.08. The smallest absolute Gasteiger partial charge is 0.313 e. The number of methoxy groups -OCH3 is 1. The Labute approximate surface area is 136 Å². The van der Waals surface area contributed by atoms with Crippen LogP contribution in [0, 0.1) is 0 Å². The molecule has 0 unspecified atom stereocenters. The Kier molecular flexibility index (Phi) is 5.80. The van der Waals surface area contributed by atoms with Gasteiger partial charge in [-0.05, 0) is 46.7 Å². The highest BCUT2D eigenvalue weighted by Crippen LogP contribution is 2.30. The zero-order valence-electron chi connectivity index (χ0n) is 11.8. The van der Waals surface area contributed by atoms with Gasteiger partial charge < -0.3 is 9.84 Å². The first-order chi connectivity index (χ1) is 10.6. The predicted octanol–water partition coefficient (Wildman–Crippen LogP) is 3.83. The van der Waals surface area contributed by atoms with Crippen molar-refractivity contribution in [2.45, 2.75) is 4.90 Å². The summed E-state index contributed by atoms with van der Waals surface area (Å²) in [4.78, 5) is 23.5. The molecule has 0 bridgehead atoms. The topological polar surface area (TPSA) is 63.6 Å². The Hall–Kier alpha value is -2.05. The molecule has 6 heteroatoms. The molecule has 0 amide bonds. The summed E-state index contributed by atoms with van der Waals surface area (Å²) in [5, 5.41) is 12.6.